The number of aryl methyl sites for hydroxylation is 1. The van der Waals surface area contributed by atoms with Crippen LogP contribution in [0.15, 0.2) is 18.5 Å². The van der Waals surface area contributed by atoms with E-state index in [1.54, 1.807) is 0 Å². The monoisotopic (exact) mass is 299 g/mol. The van der Waals surface area contributed by atoms with Crippen LogP contribution >= 0.6 is 0 Å². The molecule has 1 saturated heterocycles. The largest absolute Gasteiger partial charge is 0.488 e. The molecule has 116 valence electrons. The fourth-order valence-electron chi connectivity index (χ4n) is 3.24. The van der Waals surface area contributed by atoms with Gasteiger partial charge in [0.15, 0.2) is 0 Å². The van der Waals surface area contributed by atoms with Crippen molar-refractivity contribution >= 4 is 16.9 Å². The maximum absolute atomic E-state index is 11.4. The molecule has 1 aliphatic heterocycles. The molecule has 1 saturated carbocycles. The smallest absolute Gasteiger partial charge is 0.220 e. The molecule has 1 aliphatic carbocycles. The number of hydrogen-bond acceptors (Lipinski definition) is 3. The minimum atomic E-state index is 0.00602. The van der Waals surface area contributed by atoms with E-state index >= 15 is 0 Å². The molecule has 2 heterocycles. The quantitative estimate of drug-likeness (QED) is 0.944. The lowest BCUT2D eigenvalue weighted by atomic mass is 10.0. The molecule has 1 aromatic carbocycles. The summed E-state index contributed by atoms with van der Waals surface area (Å²) in [7, 11) is 0. The summed E-state index contributed by atoms with van der Waals surface area (Å²) in [6.45, 7) is 4.82. The molecule has 0 radical (unpaired) electrons. The number of rotatable bonds is 4. The Kier molecular flexibility index (Phi) is 3.10. The Hall–Kier alpha value is -2.04. The van der Waals surface area contributed by atoms with Gasteiger partial charge < -0.3 is 14.6 Å². The van der Waals surface area contributed by atoms with Gasteiger partial charge in [-0.2, -0.15) is 0 Å². The number of fused-ring (bicyclic) bond motifs is 1. The molecule has 2 fully saturated rings. The number of amides is 1. The summed E-state index contributed by atoms with van der Waals surface area (Å²) in [6, 6.07) is 4.76. The van der Waals surface area contributed by atoms with Crippen LogP contribution in [0.5, 0.6) is 5.75 Å². The van der Waals surface area contributed by atoms with Gasteiger partial charge in [0.1, 0.15) is 17.4 Å². The number of nitrogens with one attached hydrogen (secondary N) is 1. The van der Waals surface area contributed by atoms with E-state index in [-0.39, 0.29) is 17.9 Å². The van der Waals surface area contributed by atoms with Gasteiger partial charge in [0, 0.05) is 24.9 Å². The fourth-order valence-corrected chi connectivity index (χ4v) is 3.24. The second-order valence-electron chi connectivity index (χ2n) is 6.61. The molecule has 5 nitrogen and oxygen atoms in total. The van der Waals surface area contributed by atoms with Crippen molar-refractivity contribution < 1.29 is 9.53 Å². The predicted octanol–water partition coefficient (Wildman–Crippen LogP) is 2.58. The third kappa shape index (κ3) is 2.34. The van der Waals surface area contributed by atoms with E-state index in [4.69, 9.17) is 4.74 Å². The molecule has 5 heteroatoms. The van der Waals surface area contributed by atoms with E-state index in [0.717, 1.165) is 22.3 Å². The number of ether oxygens (including phenoxy) is 1. The topological polar surface area (TPSA) is 56.1 Å². The number of hydrogen-bond donors (Lipinski definition) is 1. The van der Waals surface area contributed by atoms with Gasteiger partial charge in [-0.05, 0) is 44.4 Å². The van der Waals surface area contributed by atoms with Crippen LogP contribution in [-0.4, -0.2) is 28.1 Å². The summed E-state index contributed by atoms with van der Waals surface area (Å²) < 4.78 is 8.51. The summed E-state index contributed by atoms with van der Waals surface area (Å²) in [5.41, 5.74) is 3.24. The average molecular weight is 299 g/mol. The fraction of sp³-hybridized carbons (Fsp3) is 0.529. The average Bonchev–Trinajstić information content (AvgIpc) is 3.08. The Labute approximate surface area is 129 Å². The summed E-state index contributed by atoms with van der Waals surface area (Å²) in [5.74, 6) is 1.25. The number of nitrogens with zero attached hydrogens (tertiary/aromatic N) is 2. The Morgan fingerprint density at radius 2 is 2.23 bits per heavy atom. The highest BCUT2D eigenvalue weighted by atomic mass is 16.5. The van der Waals surface area contributed by atoms with E-state index in [1.807, 2.05) is 6.33 Å². The number of carbonyl (C=O) groups excluding carboxylic acids is 1. The van der Waals surface area contributed by atoms with Gasteiger partial charge in [0.2, 0.25) is 5.91 Å². The highest BCUT2D eigenvalue weighted by Crippen LogP contribution is 2.40. The minimum absolute atomic E-state index is 0.00602. The van der Waals surface area contributed by atoms with Gasteiger partial charge in [-0.3, -0.25) is 4.79 Å². The highest BCUT2D eigenvalue weighted by Gasteiger charge is 2.30. The first-order valence-electron chi connectivity index (χ1n) is 8.02. The maximum atomic E-state index is 11.4. The third-order valence-corrected chi connectivity index (χ3v) is 4.70. The number of benzene rings is 1. The minimum Gasteiger partial charge on any atom is -0.488 e. The van der Waals surface area contributed by atoms with E-state index in [9.17, 15) is 4.79 Å². The van der Waals surface area contributed by atoms with Crippen molar-refractivity contribution in [1.29, 1.82) is 0 Å². The molecule has 0 spiro atoms. The van der Waals surface area contributed by atoms with Crippen molar-refractivity contribution in [2.75, 3.05) is 6.54 Å². The van der Waals surface area contributed by atoms with E-state index in [0.29, 0.717) is 19.0 Å². The molecule has 4 rings (SSSR count). The molecular weight excluding hydrogens is 278 g/mol. The van der Waals surface area contributed by atoms with Crippen molar-refractivity contribution in [1.82, 2.24) is 14.9 Å². The van der Waals surface area contributed by atoms with Crippen LogP contribution in [0, 0.1) is 12.8 Å². The summed E-state index contributed by atoms with van der Waals surface area (Å²) in [5, 5.41) is 2.88. The summed E-state index contributed by atoms with van der Waals surface area (Å²) >= 11 is 0. The van der Waals surface area contributed by atoms with Gasteiger partial charge >= 0.3 is 0 Å². The van der Waals surface area contributed by atoms with Crippen molar-refractivity contribution in [3.63, 3.8) is 0 Å². The second-order valence-corrected chi connectivity index (χ2v) is 6.61. The lowest BCUT2D eigenvalue weighted by Crippen LogP contribution is -2.25. The lowest BCUT2D eigenvalue weighted by Gasteiger charge is -2.21. The van der Waals surface area contributed by atoms with Crippen LogP contribution in [0.4, 0.5) is 0 Å². The van der Waals surface area contributed by atoms with Gasteiger partial charge in [-0.15, -0.1) is 0 Å². The zero-order valence-electron chi connectivity index (χ0n) is 13.0. The first-order valence-corrected chi connectivity index (χ1v) is 8.02. The first kappa shape index (κ1) is 13.6. The molecule has 1 N–H and O–H groups in total. The number of carbonyl (C=O) groups is 1. The van der Waals surface area contributed by atoms with Crippen LogP contribution in [0.2, 0.25) is 0 Å². The van der Waals surface area contributed by atoms with Crippen LogP contribution in [0.1, 0.15) is 37.8 Å². The predicted molar refractivity (Wildman–Crippen MR) is 83.9 cm³/mol. The van der Waals surface area contributed by atoms with Crippen molar-refractivity contribution in [2.45, 2.75) is 45.3 Å². The normalized spacial score (nSPS) is 22.8. The van der Waals surface area contributed by atoms with Gasteiger partial charge in [-0.25, -0.2) is 4.98 Å². The Balaban J connectivity index is 1.67. The lowest BCUT2D eigenvalue weighted by molar-refractivity contribution is -0.119. The molecule has 2 aromatic rings. The molecule has 1 aromatic heterocycles. The van der Waals surface area contributed by atoms with Gasteiger partial charge in [0.25, 0.3) is 0 Å². The Morgan fingerprint density at radius 1 is 1.41 bits per heavy atom. The second kappa shape index (κ2) is 5.00. The number of imidazole rings is 1. The molecule has 2 aliphatic rings. The van der Waals surface area contributed by atoms with Crippen LogP contribution < -0.4 is 10.1 Å². The van der Waals surface area contributed by atoms with Crippen LogP contribution in [-0.2, 0) is 4.79 Å². The Morgan fingerprint density at radius 3 is 2.91 bits per heavy atom. The summed E-state index contributed by atoms with van der Waals surface area (Å²) in [6.07, 6.45) is 4.93. The summed E-state index contributed by atoms with van der Waals surface area (Å²) in [4.78, 5) is 15.9. The van der Waals surface area contributed by atoms with E-state index < -0.39 is 0 Å². The maximum Gasteiger partial charge on any atom is 0.220 e. The SMILES string of the molecule is Cc1cc(O[C@H](C)[C@H]2CNC(=O)C2)c2c(c1)ncn2C1CC1. The number of aromatic nitrogens is 2. The van der Waals surface area contributed by atoms with Crippen molar-refractivity contribution in [3.8, 4) is 5.75 Å². The Bertz CT molecular complexity index is 733. The molecule has 1 amide bonds. The zero-order chi connectivity index (χ0) is 15.3. The molecule has 0 bridgehead atoms. The standard InChI is InChI=1S/C17H21N3O2/c1-10-5-14-17(20(9-19-14)13-3-4-13)15(6-10)22-11(2)12-7-16(21)18-8-12/h5-6,9,11-13H,3-4,7-8H2,1-2H3,(H,18,21)/t11-,12-/m1/s1. The van der Waals surface area contributed by atoms with Crippen molar-refractivity contribution in [3.05, 3.63) is 24.0 Å². The van der Waals surface area contributed by atoms with Crippen LogP contribution in [0.25, 0.3) is 11.0 Å². The van der Waals surface area contributed by atoms with Crippen LogP contribution in [0.3, 0.4) is 0 Å². The molecule has 0 unspecified atom stereocenters. The molecule has 2 atom stereocenters. The molecular formula is C17H21N3O2. The van der Waals surface area contributed by atoms with E-state index in [2.05, 4.69) is 40.8 Å². The molecule has 22 heavy (non-hydrogen) atoms. The zero-order valence-corrected chi connectivity index (χ0v) is 13.0. The third-order valence-electron chi connectivity index (χ3n) is 4.70. The van der Waals surface area contributed by atoms with Crippen molar-refractivity contribution in [2.24, 2.45) is 5.92 Å². The highest BCUT2D eigenvalue weighted by molar-refractivity contribution is 5.83. The van der Waals surface area contributed by atoms with E-state index in [1.165, 1.54) is 12.8 Å². The van der Waals surface area contributed by atoms with Gasteiger partial charge in [0.05, 0.1) is 11.8 Å². The first-order chi connectivity index (χ1) is 10.6. The van der Waals surface area contributed by atoms with Gasteiger partial charge in [-0.1, -0.05) is 0 Å².